The lowest BCUT2D eigenvalue weighted by Crippen LogP contribution is -2.50. The predicted octanol–water partition coefficient (Wildman–Crippen LogP) is 0.235. The van der Waals surface area contributed by atoms with E-state index in [9.17, 15) is 26.7 Å². The van der Waals surface area contributed by atoms with Crippen molar-refractivity contribution in [1.82, 2.24) is 9.21 Å². The van der Waals surface area contributed by atoms with Gasteiger partial charge in [0, 0.05) is 20.1 Å². The molecule has 0 aromatic heterocycles. The zero-order valence-electron chi connectivity index (χ0n) is 18.4. The van der Waals surface area contributed by atoms with Crippen LogP contribution < -0.4 is 4.31 Å². The van der Waals surface area contributed by atoms with Crippen LogP contribution in [0.25, 0.3) is 0 Å². The topological polar surface area (TPSA) is 125 Å². The molecule has 1 amide bonds. The van der Waals surface area contributed by atoms with Crippen LogP contribution in [0.5, 0.6) is 0 Å². The van der Waals surface area contributed by atoms with Crippen LogP contribution in [-0.2, 0) is 29.6 Å². The molecule has 180 valence electrons. The summed E-state index contributed by atoms with van der Waals surface area (Å²) in [5, 5.41) is 10.2. The highest BCUT2D eigenvalue weighted by molar-refractivity contribution is 7.92. The van der Waals surface area contributed by atoms with Gasteiger partial charge in [0.1, 0.15) is 6.54 Å². The number of aliphatic hydroxyl groups is 1. The van der Waals surface area contributed by atoms with Gasteiger partial charge in [-0.2, -0.15) is 4.31 Å². The monoisotopic (exact) mass is 489 g/mol. The van der Waals surface area contributed by atoms with Crippen LogP contribution in [0.4, 0.5) is 5.69 Å². The minimum absolute atomic E-state index is 0.0466. The molecule has 32 heavy (non-hydrogen) atoms. The molecule has 0 radical (unpaired) electrons. The fourth-order valence-corrected chi connectivity index (χ4v) is 6.34. The van der Waals surface area contributed by atoms with E-state index in [0.717, 1.165) is 23.4 Å². The van der Waals surface area contributed by atoms with Crippen molar-refractivity contribution < 1.29 is 31.5 Å². The number of likely N-dealkylation sites (N-methyl/N-ethyl adjacent to an activating group) is 1. The van der Waals surface area contributed by atoms with Gasteiger partial charge >= 0.3 is 0 Å². The number of carbonyl (C=O) groups is 1. The molecule has 12 heteroatoms. The van der Waals surface area contributed by atoms with E-state index in [0.29, 0.717) is 26.1 Å². The van der Waals surface area contributed by atoms with Crippen molar-refractivity contribution in [3.63, 3.8) is 0 Å². The zero-order chi connectivity index (χ0) is 23.5. The smallest absolute Gasteiger partial charge is 0.243 e. The first-order valence-electron chi connectivity index (χ1n) is 10.6. The molecule has 1 heterocycles. The Morgan fingerprint density at radius 2 is 1.69 bits per heavy atom. The number of ether oxygens (including phenoxy) is 1. The van der Waals surface area contributed by atoms with Gasteiger partial charge in [0.05, 0.1) is 42.2 Å². The molecule has 1 aromatic rings. The van der Waals surface area contributed by atoms with Gasteiger partial charge in [-0.3, -0.25) is 9.10 Å². The average Bonchev–Trinajstić information content (AvgIpc) is 2.77. The number of nitrogens with zero attached hydrogens (tertiary/aromatic N) is 3. The lowest BCUT2D eigenvalue weighted by Gasteiger charge is -2.36. The van der Waals surface area contributed by atoms with E-state index in [1.807, 2.05) is 0 Å². The fourth-order valence-electron chi connectivity index (χ4n) is 4.08. The third-order valence-electron chi connectivity index (χ3n) is 6.00. The van der Waals surface area contributed by atoms with Crippen molar-refractivity contribution in [2.75, 3.05) is 50.5 Å². The second-order valence-electron chi connectivity index (χ2n) is 8.20. The third-order valence-corrected chi connectivity index (χ3v) is 9.05. The number of anilines is 1. The molecule has 0 bridgehead atoms. The molecule has 1 aliphatic heterocycles. The summed E-state index contributed by atoms with van der Waals surface area (Å²) in [6.07, 6.45) is 3.43. The largest absolute Gasteiger partial charge is 0.391 e. The SMILES string of the molecule is CN(C(=O)CN(c1ccc(S(=O)(=O)N2CCOCC2)cc1)S(C)(=O)=O)C1CCCCC1O. The Morgan fingerprint density at radius 3 is 2.25 bits per heavy atom. The van der Waals surface area contributed by atoms with Gasteiger partial charge in [0.25, 0.3) is 0 Å². The molecule has 2 unspecified atom stereocenters. The molecule has 2 fully saturated rings. The number of sulfonamides is 2. The van der Waals surface area contributed by atoms with Crippen molar-refractivity contribution in [3.8, 4) is 0 Å². The van der Waals surface area contributed by atoms with E-state index < -0.39 is 38.6 Å². The molecule has 1 saturated carbocycles. The summed E-state index contributed by atoms with van der Waals surface area (Å²) in [5.41, 5.74) is 0.194. The second-order valence-corrected chi connectivity index (χ2v) is 12.0. The highest BCUT2D eigenvalue weighted by atomic mass is 32.2. The Labute approximate surface area is 189 Å². The number of carbonyl (C=O) groups excluding carboxylic acids is 1. The van der Waals surface area contributed by atoms with Gasteiger partial charge in [-0.25, -0.2) is 16.8 Å². The van der Waals surface area contributed by atoms with Gasteiger partial charge in [0.15, 0.2) is 0 Å². The van der Waals surface area contributed by atoms with Crippen molar-refractivity contribution in [3.05, 3.63) is 24.3 Å². The van der Waals surface area contributed by atoms with Crippen LogP contribution in [0.15, 0.2) is 29.2 Å². The van der Waals surface area contributed by atoms with Gasteiger partial charge in [0.2, 0.25) is 26.0 Å². The van der Waals surface area contributed by atoms with Crippen LogP contribution in [-0.4, -0.2) is 95.4 Å². The number of aliphatic hydroxyl groups excluding tert-OH is 1. The summed E-state index contributed by atoms with van der Waals surface area (Å²) < 4.78 is 57.9. The first-order chi connectivity index (χ1) is 15.0. The third kappa shape index (κ3) is 5.60. The van der Waals surface area contributed by atoms with Crippen molar-refractivity contribution in [2.24, 2.45) is 0 Å². The first kappa shape index (κ1) is 24.9. The quantitative estimate of drug-likeness (QED) is 0.582. The average molecular weight is 490 g/mol. The molecular formula is C20H31N3O7S2. The van der Waals surface area contributed by atoms with E-state index in [1.54, 1.807) is 7.05 Å². The fraction of sp³-hybridized carbons (Fsp3) is 0.650. The number of morpholine rings is 1. The Balaban J connectivity index is 1.78. The van der Waals surface area contributed by atoms with Crippen LogP contribution in [0.2, 0.25) is 0 Å². The minimum Gasteiger partial charge on any atom is -0.391 e. The van der Waals surface area contributed by atoms with E-state index >= 15 is 0 Å². The van der Waals surface area contributed by atoms with Gasteiger partial charge in [-0.1, -0.05) is 12.8 Å². The Kier molecular flexibility index (Phi) is 7.81. The lowest BCUT2D eigenvalue weighted by molar-refractivity contribution is -0.133. The van der Waals surface area contributed by atoms with Crippen LogP contribution in [0, 0.1) is 0 Å². The maximum atomic E-state index is 12.8. The van der Waals surface area contributed by atoms with Gasteiger partial charge in [-0.05, 0) is 37.1 Å². The highest BCUT2D eigenvalue weighted by Crippen LogP contribution is 2.25. The number of benzene rings is 1. The molecule has 2 aliphatic rings. The highest BCUT2D eigenvalue weighted by Gasteiger charge is 2.32. The molecule has 0 spiro atoms. The van der Waals surface area contributed by atoms with E-state index in [2.05, 4.69) is 0 Å². The van der Waals surface area contributed by atoms with Crippen LogP contribution in [0.3, 0.4) is 0 Å². The second kappa shape index (κ2) is 10.0. The minimum atomic E-state index is -3.81. The van der Waals surface area contributed by atoms with Crippen molar-refractivity contribution >= 4 is 31.6 Å². The number of hydrogen-bond donors (Lipinski definition) is 1. The lowest BCUT2D eigenvalue weighted by atomic mass is 9.91. The maximum Gasteiger partial charge on any atom is 0.243 e. The molecule has 3 rings (SSSR count). The molecule has 2 atom stereocenters. The van der Waals surface area contributed by atoms with Gasteiger partial charge in [-0.15, -0.1) is 0 Å². The molecule has 1 N–H and O–H groups in total. The predicted molar refractivity (Wildman–Crippen MR) is 119 cm³/mol. The maximum absolute atomic E-state index is 12.8. The Bertz CT molecular complexity index is 1010. The summed E-state index contributed by atoms with van der Waals surface area (Å²) in [7, 11) is -5.96. The van der Waals surface area contributed by atoms with E-state index in [4.69, 9.17) is 4.74 Å². The molecule has 1 aliphatic carbocycles. The summed E-state index contributed by atoms with van der Waals surface area (Å²) >= 11 is 0. The first-order valence-corrected chi connectivity index (χ1v) is 13.9. The Morgan fingerprint density at radius 1 is 1.09 bits per heavy atom. The van der Waals surface area contributed by atoms with Crippen LogP contribution >= 0.6 is 0 Å². The van der Waals surface area contributed by atoms with E-state index in [1.165, 1.54) is 33.5 Å². The summed E-state index contributed by atoms with van der Waals surface area (Å²) in [5.74, 6) is -0.439. The molecule has 1 saturated heterocycles. The summed E-state index contributed by atoms with van der Waals surface area (Å²) in [4.78, 5) is 14.3. The normalized spacial score (nSPS) is 23.0. The number of rotatable bonds is 7. The van der Waals surface area contributed by atoms with Crippen LogP contribution in [0.1, 0.15) is 25.7 Å². The molecule has 1 aromatic carbocycles. The summed E-state index contributed by atoms with van der Waals surface area (Å²) in [6.45, 7) is 0.726. The van der Waals surface area contributed by atoms with Gasteiger partial charge < -0.3 is 14.7 Å². The van der Waals surface area contributed by atoms with Crippen molar-refractivity contribution in [2.45, 2.75) is 42.7 Å². The van der Waals surface area contributed by atoms with E-state index in [-0.39, 0.29) is 29.7 Å². The Hall–Kier alpha value is -1.73. The number of hydrogen-bond acceptors (Lipinski definition) is 7. The zero-order valence-corrected chi connectivity index (χ0v) is 20.0. The summed E-state index contributed by atoms with van der Waals surface area (Å²) in [6, 6.07) is 5.11. The molecule has 10 nitrogen and oxygen atoms in total. The number of amides is 1. The molecular weight excluding hydrogens is 458 g/mol. The standard InChI is InChI=1S/C20H31N3O7S2/c1-21(18-5-3-4-6-19(18)24)20(25)15-23(31(2,26)27)16-7-9-17(10-8-16)32(28,29)22-11-13-30-14-12-22/h7-10,18-19,24H,3-6,11-15H2,1-2H3. The van der Waals surface area contributed by atoms with Crippen molar-refractivity contribution in [1.29, 1.82) is 0 Å².